The van der Waals surface area contributed by atoms with E-state index in [1.54, 1.807) is 6.07 Å². The topological polar surface area (TPSA) is 45.4 Å². The van der Waals surface area contributed by atoms with E-state index in [-0.39, 0.29) is 10.7 Å². The number of nitrogen functional groups attached to an aromatic ring is 1. The number of aromatic nitrogens is 1. The van der Waals surface area contributed by atoms with Gasteiger partial charge in [0, 0.05) is 38.3 Å². The molecule has 20 heavy (non-hydrogen) atoms. The number of piperazine rings is 1. The van der Waals surface area contributed by atoms with E-state index in [1.165, 1.54) is 19.4 Å². The third-order valence-corrected chi connectivity index (χ3v) is 4.53. The molecule has 0 spiro atoms. The van der Waals surface area contributed by atoms with Crippen molar-refractivity contribution in [1.29, 1.82) is 0 Å². The Morgan fingerprint density at radius 2 is 2.20 bits per heavy atom. The van der Waals surface area contributed by atoms with E-state index in [0.717, 1.165) is 25.6 Å². The lowest BCUT2D eigenvalue weighted by atomic mass is 10.1. The van der Waals surface area contributed by atoms with Crippen molar-refractivity contribution in [2.45, 2.75) is 25.8 Å². The first-order valence-corrected chi connectivity index (χ1v) is 7.53. The Bertz CT molecular complexity index is 483. The Kier molecular flexibility index (Phi) is 3.73. The second-order valence-electron chi connectivity index (χ2n) is 5.92. The molecule has 1 saturated carbocycles. The van der Waals surface area contributed by atoms with Gasteiger partial charge < -0.3 is 10.6 Å². The van der Waals surface area contributed by atoms with E-state index in [2.05, 4.69) is 21.7 Å². The number of rotatable bonds is 3. The fourth-order valence-electron chi connectivity index (χ4n) is 2.86. The third kappa shape index (κ3) is 2.83. The molecule has 6 heteroatoms. The SMILES string of the molecule is CC1CN(CC2CC2)CCN1c1cc(N)c(Cl)c(F)n1. The predicted octanol–water partition coefficient (Wildman–Crippen LogP) is 2.38. The van der Waals surface area contributed by atoms with Crippen molar-refractivity contribution >= 4 is 23.1 Å². The Hall–Kier alpha value is -1.07. The molecule has 2 N–H and O–H groups in total. The molecule has 3 rings (SSSR count). The van der Waals surface area contributed by atoms with Gasteiger partial charge in [0.15, 0.2) is 0 Å². The number of hydrogen-bond acceptors (Lipinski definition) is 4. The quantitative estimate of drug-likeness (QED) is 0.870. The highest BCUT2D eigenvalue weighted by atomic mass is 35.5. The minimum absolute atomic E-state index is 0.0891. The van der Waals surface area contributed by atoms with E-state index in [4.69, 9.17) is 17.3 Å². The second-order valence-corrected chi connectivity index (χ2v) is 6.30. The number of pyridine rings is 1. The largest absolute Gasteiger partial charge is 0.397 e. The van der Waals surface area contributed by atoms with Crippen LogP contribution in [0.2, 0.25) is 5.02 Å². The van der Waals surface area contributed by atoms with Gasteiger partial charge in [-0.05, 0) is 25.7 Å². The molecule has 110 valence electrons. The monoisotopic (exact) mass is 298 g/mol. The Morgan fingerprint density at radius 1 is 1.45 bits per heavy atom. The van der Waals surface area contributed by atoms with Crippen LogP contribution in [-0.2, 0) is 0 Å². The lowest BCUT2D eigenvalue weighted by molar-refractivity contribution is 0.219. The Balaban J connectivity index is 1.71. The molecule has 4 nitrogen and oxygen atoms in total. The first kappa shape index (κ1) is 13.9. The van der Waals surface area contributed by atoms with Gasteiger partial charge >= 0.3 is 0 Å². The van der Waals surface area contributed by atoms with E-state index in [9.17, 15) is 4.39 Å². The molecule has 1 unspecified atom stereocenters. The maximum atomic E-state index is 13.6. The fourth-order valence-corrected chi connectivity index (χ4v) is 2.95. The van der Waals surface area contributed by atoms with Crippen molar-refractivity contribution in [3.8, 4) is 0 Å². The summed E-state index contributed by atoms with van der Waals surface area (Å²) in [5.41, 5.74) is 5.98. The molecular formula is C14H20ClFN4. The lowest BCUT2D eigenvalue weighted by Crippen LogP contribution is -2.52. The zero-order chi connectivity index (χ0) is 14.3. The summed E-state index contributed by atoms with van der Waals surface area (Å²) in [6, 6.07) is 1.97. The zero-order valence-corrected chi connectivity index (χ0v) is 12.4. The van der Waals surface area contributed by atoms with E-state index < -0.39 is 5.95 Å². The van der Waals surface area contributed by atoms with Crippen molar-refractivity contribution < 1.29 is 4.39 Å². The zero-order valence-electron chi connectivity index (χ0n) is 11.6. The van der Waals surface area contributed by atoms with Gasteiger partial charge in [0.25, 0.3) is 0 Å². The fraction of sp³-hybridized carbons (Fsp3) is 0.643. The van der Waals surface area contributed by atoms with Gasteiger partial charge in [-0.15, -0.1) is 0 Å². The van der Waals surface area contributed by atoms with Crippen LogP contribution in [0.5, 0.6) is 0 Å². The first-order valence-electron chi connectivity index (χ1n) is 7.15. The third-order valence-electron chi connectivity index (χ3n) is 4.15. The van der Waals surface area contributed by atoms with Crippen LogP contribution < -0.4 is 10.6 Å². The summed E-state index contributed by atoms with van der Waals surface area (Å²) in [6.45, 7) is 6.17. The molecule has 2 heterocycles. The van der Waals surface area contributed by atoms with E-state index >= 15 is 0 Å². The van der Waals surface area contributed by atoms with Crippen molar-refractivity contribution in [1.82, 2.24) is 9.88 Å². The summed E-state index contributed by atoms with van der Waals surface area (Å²) >= 11 is 5.72. The highest BCUT2D eigenvalue weighted by Crippen LogP contribution is 2.31. The first-order chi connectivity index (χ1) is 9.54. The maximum Gasteiger partial charge on any atom is 0.235 e. The predicted molar refractivity (Wildman–Crippen MR) is 79.6 cm³/mol. The average molecular weight is 299 g/mol. The molecule has 2 fully saturated rings. The summed E-state index contributed by atoms with van der Waals surface area (Å²) in [6.07, 6.45) is 2.74. The Morgan fingerprint density at radius 3 is 2.80 bits per heavy atom. The van der Waals surface area contributed by atoms with Crippen LogP contribution in [0.25, 0.3) is 0 Å². The molecule has 2 aliphatic rings. The molecule has 1 aliphatic heterocycles. The van der Waals surface area contributed by atoms with Crippen molar-refractivity contribution in [2.75, 3.05) is 36.8 Å². The van der Waals surface area contributed by atoms with Crippen molar-refractivity contribution in [3.05, 3.63) is 17.0 Å². The minimum Gasteiger partial charge on any atom is -0.397 e. The lowest BCUT2D eigenvalue weighted by Gasteiger charge is -2.40. The van der Waals surface area contributed by atoms with Crippen LogP contribution in [0, 0.1) is 11.9 Å². The van der Waals surface area contributed by atoms with Crippen molar-refractivity contribution in [3.63, 3.8) is 0 Å². The molecule has 0 aromatic carbocycles. The molecule has 0 amide bonds. The van der Waals surface area contributed by atoms with Crippen LogP contribution in [0.4, 0.5) is 15.9 Å². The van der Waals surface area contributed by atoms with Crippen LogP contribution >= 0.6 is 11.6 Å². The number of nitrogens with two attached hydrogens (primary N) is 1. The molecule has 1 atom stereocenters. The molecule has 1 aromatic rings. The van der Waals surface area contributed by atoms with Gasteiger partial charge in [0.1, 0.15) is 10.8 Å². The number of anilines is 2. The molecule has 1 aliphatic carbocycles. The molecular weight excluding hydrogens is 279 g/mol. The number of halogens is 2. The van der Waals surface area contributed by atoms with Crippen LogP contribution in [-0.4, -0.2) is 42.1 Å². The van der Waals surface area contributed by atoms with Crippen LogP contribution in [0.1, 0.15) is 19.8 Å². The number of hydrogen-bond donors (Lipinski definition) is 1. The smallest absolute Gasteiger partial charge is 0.235 e. The summed E-state index contributed by atoms with van der Waals surface area (Å²) in [5.74, 6) is 0.799. The summed E-state index contributed by atoms with van der Waals surface area (Å²) in [7, 11) is 0. The van der Waals surface area contributed by atoms with Gasteiger partial charge in [-0.2, -0.15) is 4.39 Å². The van der Waals surface area contributed by atoms with Gasteiger partial charge in [0.2, 0.25) is 5.95 Å². The van der Waals surface area contributed by atoms with E-state index in [1.807, 2.05) is 0 Å². The minimum atomic E-state index is -0.686. The van der Waals surface area contributed by atoms with Gasteiger partial charge in [-0.1, -0.05) is 11.6 Å². The van der Waals surface area contributed by atoms with Gasteiger partial charge in [0.05, 0.1) is 5.69 Å². The van der Waals surface area contributed by atoms with Crippen LogP contribution in [0.15, 0.2) is 6.07 Å². The highest BCUT2D eigenvalue weighted by molar-refractivity contribution is 6.33. The highest BCUT2D eigenvalue weighted by Gasteiger charge is 2.30. The second kappa shape index (κ2) is 5.37. The number of nitrogens with zero attached hydrogens (tertiary/aromatic N) is 3. The molecule has 0 bridgehead atoms. The molecule has 1 saturated heterocycles. The summed E-state index contributed by atoms with van der Waals surface area (Å²) < 4.78 is 13.6. The van der Waals surface area contributed by atoms with Gasteiger partial charge in [-0.25, -0.2) is 4.98 Å². The molecule has 0 radical (unpaired) electrons. The summed E-state index contributed by atoms with van der Waals surface area (Å²) in [4.78, 5) is 8.54. The van der Waals surface area contributed by atoms with Crippen molar-refractivity contribution in [2.24, 2.45) is 5.92 Å². The van der Waals surface area contributed by atoms with E-state index in [0.29, 0.717) is 11.9 Å². The van der Waals surface area contributed by atoms with Gasteiger partial charge in [-0.3, -0.25) is 4.90 Å². The molecule has 1 aromatic heterocycles. The average Bonchev–Trinajstić information content (AvgIpc) is 3.19. The normalized spacial score (nSPS) is 24.1. The maximum absolute atomic E-state index is 13.6. The summed E-state index contributed by atoms with van der Waals surface area (Å²) in [5, 5.41) is -0.0891. The standard InChI is InChI=1S/C14H20ClFN4/c1-9-7-19(8-10-2-3-10)4-5-20(9)12-6-11(17)13(15)14(16)18-12/h6,9-10H,2-5,7-8H2,1H3,(H2,17,18). The Labute approximate surface area is 123 Å². The van der Waals surface area contributed by atoms with Crippen LogP contribution in [0.3, 0.4) is 0 Å².